The maximum Gasteiger partial charge on any atom is 0.239 e. The number of anilines is 1. The Hall–Kier alpha value is -2.28. The molecule has 0 spiro atoms. The van der Waals surface area contributed by atoms with Crippen LogP contribution < -0.4 is 15.2 Å². The fourth-order valence-electron chi connectivity index (χ4n) is 2.95. The Morgan fingerprint density at radius 3 is 2.59 bits per heavy atom. The predicted octanol–water partition coefficient (Wildman–Crippen LogP) is 1.95. The van der Waals surface area contributed by atoms with Gasteiger partial charge in [0.25, 0.3) is 0 Å². The van der Waals surface area contributed by atoms with Crippen molar-refractivity contribution >= 4 is 5.95 Å². The molecular formula is C15H20N4O3. The third-order valence-corrected chi connectivity index (χ3v) is 4.04. The lowest BCUT2D eigenvalue weighted by molar-refractivity contribution is 0.0648. The van der Waals surface area contributed by atoms with E-state index in [-0.39, 0.29) is 18.1 Å². The van der Waals surface area contributed by atoms with Gasteiger partial charge < -0.3 is 19.9 Å². The van der Waals surface area contributed by atoms with Gasteiger partial charge in [0.2, 0.25) is 5.95 Å². The van der Waals surface area contributed by atoms with E-state index >= 15 is 0 Å². The zero-order chi connectivity index (χ0) is 15.7. The molecule has 1 aromatic heterocycles. The van der Waals surface area contributed by atoms with Crippen LogP contribution in [0.2, 0.25) is 0 Å². The first-order chi connectivity index (χ1) is 10.7. The van der Waals surface area contributed by atoms with Crippen molar-refractivity contribution in [2.24, 2.45) is 0 Å². The summed E-state index contributed by atoms with van der Waals surface area (Å²) in [5, 5.41) is 4.34. The largest absolute Gasteiger partial charge is 0.493 e. The first-order valence-electron chi connectivity index (χ1n) is 7.14. The van der Waals surface area contributed by atoms with Gasteiger partial charge in [-0.25, -0.2) is 4.68 Å². The van der Waals surface area contributed by atoms with E-state index < -0.39 is 0 Å². The molecule has 0 saturated heterocycles. The van der Waals surface area contributed by atoms with Crippen molar-refractivity contribution in [3.05, 3.63) is 29.6 Å². The first-order valence-corrected chi connectivity index (χ1v) is 7.14. The number of nitrogen functional groups attached to an aromatic ring is 1. The number of methoxy groups -OCH3 is 3. The molecule has 2 atom stereocenters. The minimum absolute atomic E-state index is 0.0611. The van der Waals surface area contributed by atoms with Crippen LogP contribution in [-0.4, -0.2) is 36.1 Å². The molecule has 0 radical (unpaired) electrons. The number of nitrogens with two attached hydrogens (primary N) is 1. The van der Waals surface area contributed by atoms with E-state index in [2.05, 4.69) is 10.1 Å². The van der Waals surface area contributed by atoms with Crippen molar-refractivity contribution in [1.29, 1.82) is 0 Å². The molecule has 22 heavy (non-hydrogen) atoms. The van der Waals surface area contributed by atoms with Crippen LogP contribution in [0, 0.1) is 0 Å². The smallest absolute Gasteiger partial charge is 0.239 e. The summed E-state index contributed by atoms with van der Waals surface area (Å²) in [4.78, 5) is 4.30. The minimum atomic E-state index is -0.0683. The molecule has 1 aromatic carbocycles. The van der Waals surface area contributed by atoms with Gasteiger partial charge in [-0.3, -0.25) is 0 Å². The van der Waals surface area contributed by atoms with Gasteiger partial charge in [-0.1, -0.05) is 6.07 Å². The van der Waals surface area contributed by atoms with Crippen molar-refractivity contribution in [2.75, 3.05) is 27.1 Å². The lowest BCUT2D eigenvalue weighted by Gasteiger charge is -2.28. The highest BCUT2D eigenvalue weighted by atomic mass is 16.5. The van der Waals surface area contributed by atoms with E-state index in [1.165, 1.54) is 0 Å². The van der Waals surface area contributed by atoms with Gasteiger partial charge in [0.1, 0.15) is 6.10 Å². The van der Waals surface area contributed by atoms with Gasteiger partial charge >= 0.3 is 0 Å². The molecule has 0 saturated carbocycles. The van der Waals surface area contributed by atoms with Gasteiger partial charge in [0, 0.05) is 7.11 Å². The molecule has 118 valence electrons. The number of hydrogen-bond donors (Lipinski definition) is 1. The summed E-state index contributed by atoms with van der Waals surface area (Å²) in [6.07, 6.45) is 1.69. The molecule has 7 nitrogen and oxygen atoms in total. The second kappa shape index (κ2) is 5.84. The van der Waals surface area contributed by atoms with Crippen LogP contribution in [-0.2, 0) is 4.74 Å². The van der Waals surface area contributed by atoms with Crippen LogP contribution in [0.25, 0.3) is 0 Å². The standard InChI is InChI=1S/C15H20N4O3/c1-20-11-6-4-9(8-13(11)22-3)10-5-7-12(21-2)14-17-15(16)18-19(10)14/h4,6,8,10,12H,5,7H2,1-3H3,(H2,16,18). The van der Waals surface area contributed by atoms with E-state index in [4.69, 9.17) is 19.9 Å². The van der Waals surface area contributed by atoms with Crippen LogP contribution in [0.5, 0.6) is 11.5 Å². The monoisotopic (exact) mass is 304 g/mol. The molecule has 0 fully saturated rings. The second-order valence-electron chi connectivity index (χ2n) is 5.20. The molecule has 2 unspecified atom stereocenters. The highest BCUT2D eigenvalue weighted by Gasteiger charge is 2.31. The minimum Gasteiger partial charge on any atom is -0.493 e. The number of nitrogens with zero attached hydrogens (tertiary/aromatic N) is 3. The lowest BCUT2D eigenvalue weighted by atomic mass is 9.96. The predicted molar refractivity (Wildman–Crippen MR) is 81.1 cm³/mol. The van der Waals surface area contributed by atoms with Crippen LogP contribution in [0.15, 0.2) is 18.2 Å². The summed E-state index contributed by atoms with van der Waals surface area (Å²) in [5.74, 6) is 2.44. The van der Waals surface area contributed by atoms with E-state index in [1.54, 1.807) is 21.3 Å². The Kier molecular flexibility index (Phi) is 3.89. The van der Waals surface area contributed by atoms with E-state index in [0.717, 1.165) is 24.2 Å². The van der Waals surface area contributed by atoms with Gasteiger partial charge in [-0.2, -0.15) is 4.98 Å². The van der Waals surface area contributed by atoms with Gasteiger partial charge in [0.05, 0.1) is 20.3 Å². The Balaban J connectivity index is 2.02. The van der Waals surface area contributed by atoms with Crippen LogP contribution >= 0.6 is 0 Å². The quantitative estimate of drug-likeness (QED) is 0.929. The average Bonchev–Trinajstić information content (AvgIpc) is 2.94. The fourth-order valence-corrected chi connectivity index (χ4v) is 2.95. The SMILES string of the molecule is COc1ccc(C2CCC(OC)c3nc(N)nn32)cc1OC. The van der Waals surface area contributed by atoms with E-state index in [1.807, 2.05) is 22.9 Å². The number of ether oxygens (including phenoxy) is 3. The average molecular weight is 304 g/mol. The zero-order valence-corrected chi connectivity index (χ0v) is 12.9. The summed E-state index contributed by atoms with van der Waals surface area (Å²) in [5.41, 5.74) is 6.86. The topological polar surface area (TPSA) is 84.4 Å². The first kappa shape index (κ1) is 14.6. The Bertz CT molecular complexity index is 671. The van der Waals surface area contributed by atoms with Gasteiger partial charge in [-0.05, 0) is 30.5 Å². The lowest BCUT2D eigenvalue weighted by Crippen LogP contribution is -2.24. The van der Waals surface area contributed by atoms with Crippen molar-refractivity contribution in [1.82, 2.24) is 14.8 Å². The number of rotatable bonds is 4. The summed E-state index contributed by atoms with van der Waals surface area (Å²) in [6.45, 7) is 0. The van der Waals surface area contributed by atoms with Crippen molar-refractivity contribution in [2.45, 2.75) is 25.0 Å². The molecule has 7 heteroatoms. The van der Waals surface area contributed by atoms with E-state index in [9.17, 15) is 0 Å². The zero-order valence-electron chi connectivity index (χ0n) is 12.9. The normalized spacial score (nSPS) is 20.5. The maximum absolute atomic E-state index is 5.77. The van der Waals surface area contributed by atoms with Gasteiger partial charge in [0.15, 0.2) is 17.3 Å². The molecule has 1 aliphatic rings. The Morgan fingerprint density at radius 1 is 1.14 bits per heavy atom. The van der Waals surface area contributed by atoms with E-state index in [0.29, 0.717) is 11.5 Å². The Labute approximate surface area is 129 Å². The van der Waals surface area contributed by atoms with Crippen LogP contribution in [0.1, 0.15) is 36.4 Å². The van der Waals surface area contributed by atoms with Crippen molar-refractivity contribution in [3.8, 4) is 11.5 Å². The molecule has 0 aliphatic carbocycles. The number of hydrogen-bond acceptors (Lipinski definition) is 6. The summed E-state index contributed by atoms with van der Waals surface area (Å²) in [7, 11) is 4.93. The molecule has 2 N–H and O–H groups in total. The summed E-state index contributed by atoms with van der Waals surface area (Å²) < 4.78 is 18.0. The molecule has 2 heterocycles. The van der Waals surface area contributed by atoms with Crippen LogP contribution in [0.4, 0.5) is 5.95 Å². The molecule has 0 bridgehead atoms. The second-order valence-corrected chi connectivity index (χ2v) is 5.20. The Morgan fingerprint density at radius 2 is 1.91 bits per heavy atom. The maximum atomic E-state index is 5.77. The van der Waals surface area contributed by atoms with Gasteiger partial charge in [-0.15, -0.1) is 5.10 Å². The number of fused-ring (bicyclic) bond motifs is 1. The molecular weight excluding hydrogens is 284 g/mol. The number of benzene rings is 1. The molecule has 3 rings (SSSR count). The van der Waals surface area contributed by atoms with Crippen molar-refractivity contribution < 1.29 is 14.2 Å². The van der Waals surface area contributed by atoms with Crippen molar-refractivity contribution in [3.63, 3.8) is 0 Å². The third kappa shape index (κ3) is 2.37. The molecule has 0 amide bonds. The van der Waals surface area contributed by atoms with Crippen LogP contribution in [0.3, 0.4) is 0 Å². The number of aromatic nitrogens is 3. The highest BCUT2D eigenvalue weighted by molar-refractivity contribution is 5.44. The summed E-state index contributed by atoms with van der Waals surface area (Å²) in [6, 6.07) is 5.95. The fraction of sp³-hybridized carbons (Fsp3) is 0.467. The molecule has 1 aliphatic heterocycles. The molecule has 2 aromatic rings. The third-order valence-electron chi connectivity index (χ3n) is 4.04. The summed E-state index contributed by atoms with van der Waals surface area (Å²) >= 11 is 0. The highest BCUT2D eigenvalue weighted by Crippen LogP contribution is 2.39.